The molecule has 0 saturated carbocycles. The highest BCUT2D eigenvalue weighted by Crippen LogP contribution is 2.27. The van der Waals surface area contributed by atoms with Crippen molar-refractivity contribution in [3.63, 3.8) is 0 Å². The fraction of sp³-hybridized carbons (Fsp3) is 0.250. The second-order valence-electron chi connectivity index (χ2n) is 6.24. The molecule has 3 heterocycles. The number of carbonyl (C=O) groups is 1. The summed E-state index contributed by atoms with van der Waals surface area (Å²) in [4.78, 5) is 14.3. The molecule has 6 nitrogen and oxygen atoms in total. The van der Waals surface area contributed by atoms with E-state index in [1.807, 2.05) is 30.0 Å². The number of hydrogen-bond acceptors (Lipinski definition) is 6. The zero-order chi connectivity index (χ0) is 18.6. The van der Waals surface area contributed by atoms with Crippen LogP contribution in [0.4, 0.5) is 0 Å². The Labute approximate surface area is 161 Å². The van der Waals surface area contributed by atoms with Crippen LogP contribution in [0.15, 0.2) is 62.8 Å². The SMILES string of the molecule is Cc1occc1-c1nnc(SCC(=O)N2CC=C(c3ccccc3)CC2)o1. The van der Waals surface area contributed by atoms with Gasteiger partial charge in [0.05, 0.1) is 17.6 Å². The van der Waals surface area contributed by atoms with Crippen molar-refractivity contribution in [2.75, 3.05) is 18.8 Å². The zero-order valence-electron chi connectivity index (χ0n) is 14.9. The minimum atomic E-state index is 0.0719. The van der Waals surface area contributed by atoms with Crippen LogP contribution in [0.5, 0.6) is 0 Å². The molecule has 3 aromatic rings. The third-order valence-electron chi connectivity index (χ3n) is 4.52. The molecule has 0 radical (unpaired) electrons. The van der Waals surface area contributed by atoms with Gasteiger partial charge in [-0.2, -0.15) is 0 Å². The van der Waals surface area contributed by atoms with Crippen LogP contribution in [0.3, 0.4) is 0 Å². The van der Waals surface area contributed by atoms with E-state index in [0.717, 1.165) is 24.3 Å². The standard InChI is InChI=1S/C20H19N3O3S/c1-14-17(9-12-25-14)19-21-22-20(26-19)27-13-18(24)23-10-7-16(8-11-23)15-5-3-2-4-6-15/h2-7,9,12H,8,10-11,13H2,1H3. The van der Waals surface area contributed by atoms with Crippen LogP contribution < -0.4 is 0 Å². The molecule has 0 fully saturated rings. The topological polar surface area (TPSA) is 72.4 Å². The number of carbonyl (C=O) groups excluding carboxylic acids is 1. The number of furan rings is 1. The Bertz CT molecular complexity index is 962. The first-order valence-electron chi connectivity index (χ1n) is 8.73. The average Bonchev–Trinajstić information content (AvgIpc) is 3.35. The molecule has 1 aliphatic rings. The summed E-state index contributed by atoms with van der Waals surface area (Å²) >= 11 is 1.26. The Morgan fingerprint density at radius 2 is 2.07 bits per heavy atom. The van der Waals surface area contributed by atoms with Crippen LogP contribution in [0.2, 0.25) is 0 Å². The predicted molar refractivity (Wildman–Crippen MR) is 103 cm³/mol. The van der Waals surface area contributed by atoms with Crippen LogP contribution in [-0.4, -0.2) is 39.8 Å². The largest absolute Gasteiger partial charge is 0.469 e. The fourth-order valence-electron chi connectivity index (χ4n) is 3.01. The Kier molecular flexibility index (Phi) is 5.11. The molecule has 0 aliphatic carbocycles. The molecule has 2 aromatic heterocycles. The van der Waals surface area contributed by atoms with Crippen LogP contribution in [0, 0.1) is 6.92 Å². The summed E-state index contributed by atoms with van der Waals surface area (Å²) in [5, 5.41) is 8.41. The molecule has 1 aromatic carbocycles. The molecule has 1 amide bonds. The Morgan fingerprint density at radius 1 is 1.22 bits per heavy atom. The number of aromatic nitrogens is 2. The molecular weight excluding hydrogens is 362 g/mol. The molecule has 0 atom stereocenters. The molecule has 1 aliphatic heterocycles. The number of hydrogen-bond donors (Lipinski definition) is 0. The quantitative estimate of drug-likeness (QED) is 0.621. The van der Waals surface area contributed by atoms with E-state index < -0.39 is 0 Å². The van der Waals surface area contributed by atoms with Gasteiger partial charge < -0.3 is 13.7 Å². The summed E-state index contributed by atoms with van der Waals surface area (Å²) in [6.45, 7) is 3.19. The van der Waals surface area contributed by atoms with Crippen LogP contribution >= 0.6 is 11.8 Å². The lowest BCUT2D eigenvalue weighted by Crippen LogP contribution is -2.35. The first-order valence-corrected chi connectivity index (χ1v) is 9.72. The van der Waals surface area contributed by atoms with E-state index in [-0.39, 0.29) is 11.7 Å². The van der Waals surface area contributed by atoms with Gasteiger partial charge in [0.1, 0.15) is 5.76 Å². The highest BCUT2D eigenvalue weighted by molar-refractivity contribution is 7.99. The summed E-state index contributed by atoms with van der Waals surface area (Å²) in [6.07, 6.45) is 4.58. The van der Waals surface area contributed by atoms with Crippen molar-refractivity contribution in [1.82, 2.24) is 15.1 Å². The van der Waals surface area contributed by atoms with E-state index >= 15 is 0 Å². The van der Waals surface area contributed by atoms with Crippen molar-refractivity contribution in [3.8, 4) is 11.5 Å². The van der Waals surface area contributed by atoms with E-state index in [4.69, 9.17) is 8.83 Å². The molecule has 138 valence electrons. The van der Waals surface area contributed by atoms with Crippen molar-refractivity contribution in [1.29, 1.82) is 0 Å². The van der Waals surface area contributed by atoms with E-state index in [9.17, 15) is 4.79 Å². The predicted octanol–water partition coefficient (Wildman–Crippen LogP) is 4.05. The van der Waals surface area contributed by atoms with E-state index in [0.29, 0.717) is 17.7 Å². The van der Waals surface area contributed by atoms with Crippen LogP contribution in [0.1, 0.15) is 17.7 Å². The van der Waals surface area contributed by atoms with Gasteiger partial charge in [-0.15, -0.1) is 10.2 Å². The maximum atomic E-state index is 12.5. The average molecular weight is 381 g/mol. The Balaban J connectivity index is 1.32. The van der Waals surface area contributed by atoms with Gasteiger partial charge in [0.25, 0.3) is 11.1 Å². The maximum absolute atomic E-state index is 12.5. The lowest BCUT2D eigenvalue weighted by atomic mass is 10.00. The Morgan fingerprint density at radius 3 is 2.78 bits per heavy atom. The molecule has 0 saturated heterocycles. The van der Waals surface area contributed by atoms with Gasteiger partial charge in [-0.05, 0) is 30.5 Å². The van der Waals surface area contributed by atoms with Gasteiger partial charge in [-0.25, -0.2) is 0 Å². The molecule has 0 bridgehead atoms. The summed E-state index contributed by atoms with van der Waals surface area (Å²) in [6, 6.07) is 12.1. The normalized spacial score (nSPS) is 14.3. The van der Waals surface area contributed by atoms with Crippen molar-refractivity contribution in [2.45, 2.75) is 18.6 Å². The highest BCUT2D eigenvalue weighted by atomic mass is 32.2. The smallest absolute Gasteiger partial charge is 0.277 e. The highest BCUT2D eigenvalue weighted by Gasteiger charge is 2.20. The number of nitrogens with zero attached hydrogens (tertiary/aromatic N) is 3. The lowest BCUT2D eigenvalue weighted by Gasteiger charge is -2.26. The van der Waals surface area contributed by atoms with Gasteiger partial charge in [-0.1, -0.05) is 48.2 Å². The maximum Gasteiger partial charge on any atom is 0.277 e. The van der Waals surface area contributed by atoms with E-state index in [1.54, 1.807) is 12.3 Å². The summed E-state index contributed by atoms with van der Waals surface area (Å²) in [5.74, 6) is 1.48. The third-order valence-corrected chi connectivity index (χ3v) is 5.32. The number of aryl methyl sites for hydroxylation is 1. The van der Waals surface area contributed by atoms with Gasteiger partial charge in [0, 0.05) is 13.1 Å². The number of rotatable bonds is 5. The minimum Gasteiger partial charge on any atom is -0.469 e. The molecule has 27 heavy (non-hydrogen) atoms. The van der Waals surface area contributed by atoms with Crippen molar-refractivity contribution in [2.24, 2.45) is 0 Å². The van der Waals surface area contributed by atoms with Crippen LogP contribution in [-0.2, 0) is 4.79 Å². The first kappa shape index (κ1) is 17.6. The van der Waals surface area contributed by atoms with Gasteiger partial charge in [-0.3, -0.25) is 4.79 Å². The van der Waals surface area contributed by atoms with E-state index in [1.165, 1.54) is 22.9 Å². The number of thioether (sulfide) groups is 1. The zero-order valence-corrected chi connectivity index (χ0v) is 15.7. The molecule has 0 unspecified atom stereocenters. The van der Waals surface area contributed by atoms with Gasteiger partial charge in [0.2, 0.25) is 5.91 Å². The number of amides is 1. The molecular formula is C20H19N3O3S. The van der Waals surface area contributed by atoms with Crippen molar-refractivity contribution in [3.05, 3.63) is 60.1 Å². The van der Waals surface area contributed by atoms with Gasteiger partial charge >= 0.3 is 0 Å². The van der Waals surface area contributed by atoms with Crippen LogP contribution in [0.25, 0.3) is 17.0 Å². The van der Waals surface area contributed by atoms with Gasteiger partial charge in [0.15, 0.2) is 0 Å². The Hall–Kier alpha value is -2.80. The molecule has 0 N–H and O–H groups in total. The lowest BCUT2D eigenvalue weighted by molar-refractivity contribution is -0.127. The summed E-state index contributed by atoms with van der Waals surface area (Å²) < 4.78 is 10.9. The van der Waals surface area contributed by atoms with Crippen molar-refractivity contribution < 1.29 is 13.6 Å². The second-order valence-corrected chi connectivity index (χ2v) is 7.16. The summed E-state index contributed by atoms with van der Waals surface area (Å²) in [5.41, 5.74) is 3.30. The molecule has 4 rings (SSSR count). The molecule has 7 heteroatoms. The third kappa shape index (κ3) is 3.98. The van der Waals surface area contributed by atoms with E-state index in [2.05, 4.69) is 28.4 Å². The fourth-order valence-corrected chi connectivity index (χ4v) is 3.67. The minimum absolute atomic E-state index is 0.0719. The molecule has 0 spiro atoms. The second kappa shape index (κ2) is 7.84. The monoisotopic (exact) mass is 381 g/mol. The van der Waals surface area contributed by atoms with Crippen molar-refractivity contribution >= 4 is 23.2 Å². The summed E-state index contributed by atoms with van der Waals surface area (Å²) in [7, 11) is 0. The first-order chi connectivity index (χ1) is 13.2. The number of benzene rings is 1.